The summed E-state index contributed by atoms with van der Waals surface area (Å²) in [6.07, 6.45) is 0.451. The maximum Gasteiger partial charge on any atom is 0.240 e. The van der Waals surface area contributed by atoms with Crippen molar-refractivity contribution in [3.05, 3.63) is 30.3 Å². The van der Waals surface area contributed by atoms with Gasteiger partial charge in [0.2, 0.25) is 15.8 Å². The van der Waals surface area contributed by atoms with E-state index in [9.17, 15) is 16.8 Å². The number of hydrogen-bond donors (Lipinski definition) is 4. The summed E-state index contributed by atoms with van der Waals surface area (Å²) in [5, 5.41) is 18.7. The Bertz CT molecular complexity index is 1590. The van der Waals surface area contributed by atoms with Crippen molar-refractivity contribution in [3.63, 3.8) is 0 Å². The van der Waals surface area contributed by atoms with Gasteiger partial charge in [-0.2, -0.15) is 5.21 Å². The Morgan fingerprint density at radius 3 is 2.45 bits per heavy atom. The summed E-state index contributed by atoms with van der Waals surface area (Å²) in [6, 6.07) is 7.77. The van der Waals surface area contributed by atoms with E-state index in [4.69, 9.17) is 16.6 Å². The number of hydrogen-bond acceptors (Lipinski definition) is 11. The number of thiazole rings is 1. The molecule has 1 fully saturated rings. The first-order valence-corrected chi connectivity index (χ1v) is 13.6. The lowest BCUT2D eigenvalue weighted by Gasteiger charge is -2.32. The van der Waals surface area contributed by atoms with Gasteiger partial charge in [-0.05, 0) is 35.8 Å². The summed E-state index contributed by atoms with van der Waals surface area (Å²) in [4.78, 5) is 3.34. The van der Waals surface area contributed by atoms with Crippen molar-refractivity contribution in [2.24, 2.45) is 10.9 Å². The number of fused-ring (bicyclic) bond motifs is 1. The Labute approximate surface area is 192 Å². The molecule has 2 heterocycles. The summed E-state index contributed by atoms with van der Waals surface area (Å²) >= 11 is 1.26. The van der Waals surface area contributed by atoms with Crippen LogP contribution in [0.25, 0.3) is 32.7 Å². The highest BCUT2D eigenvalue weighted by molar-refractivity contribution is 7.94. The van der Waals surface area contributed by atoms with Crippen LogP contribution in [0.5, 0.6) is 0 Å². The van der Waals surface area contributed by atoms with E-state index in [1.807, 2.05) is 6.07 Å². The van der Waals surface area contributed by atoms with Crippen LogP contribution in [-0.4, -0.2) is 53.7 Å². The van der Waals surface area contributed by atoms with Crippen molar-refractivity contribution in [1.82, 2.24) is 25.6 Å². The van der Waals surface area contributed by atoms with Gasteiger partial charge in [-0.3, -0.25) is 0 Å². The standard InChI is InChI=1S/C18H18N8O4S3/c19-8-6-9(7-8)32(27,28)13-5-4-10(11-2-1-3-12-15(11)22-18(20)31-12)14(16(13)33(21,29)30)17-23-25-26-24-17/h1-5,8-9H,6-7,19H2,(H2,20,22)(H2,21,29,30)(H,23,24,25,26). The number of nitrogens with one attached hydrogen (secondary N) is 1. The number of H-pyrrole nitrogens is 1. The van der Waals surface area contributed by atoms with Gasteiger partial charge < -0.3 is 11.5 Å². The molecule has 33 heavy (non-hydrogen) atoms. The molecule has 4 aromatic rings. The molecule has 2 aromatic heterocycles. The average molecular weight is 507 g/mol. The lowest BCUT2D eigenvalue weighted by atomic mass is 9.93. The number of sulfone groups is 1. The molecule has 0 bridgehead atoms. The number of nitrogens with zero attached hydrogens (tertiary/aromatic N) is 4. The number of anilines is 1. The molecule has 0 aliphatic heterocycles. The molecule has 15 heteroatoms. The van der Waals surface area contributed by atoms with Crippen LogP contribution in [0.3, 0.4) is 0 Å². The summed E-state index contributed by atoms with van der Waals surface area (Å²) < 4.78 is 53.1. The normalized spacial score (nSPS) is 19.0. The predicted molar refractivity (Wildman–Crippen MR) is 122 cm³/mol. The Balaban J connectivity index is 1.88. The van der Waals surface area contributed by atoms with Crippen LogP contribution in [0.15, 0.2) is 40.1 Å². The quantitative estimate of drug-likeness (QED) is 0.296. The number of benzene rings is 2. The molecule has 2 aromatic carbocycles. The van der Waals surface area contributed by atoms with Crippen LogP contribution in [0.2, 0.25) is 0 Å². The molecular formula is C18H18N8O4S3. The van der Waals surface area contributed by atoms with Gasteiger partial charge in [0.15, 0.2) is 15.0 Å². The maximum absolute atomic E-state index is 13.3. The smallest absolute Gasteiger partial charge is 0.240 e. The second kappa shape index (κ2) is 7.53. The zero-order chi connectivity index (χ0) is 23.5. The number of primary sulfonamides is 1. The largest absolute Gasteiger partial charge is 0.375 e. The van der Waals surface area contributed by atoms with Crippen molar-refractivity contribution < 1.29 is 16.8 Å². The second-order valence-electron chi connectivity index (χ2n) is 7.70. The van der Waals surface area contributed by atoms with Crippen molar-refractivity contribution >= 4 is 46.5 Å². The van der Waals surface area contributed by atoms with Gasteiger partial charge in [-0.15, -0.1) is 10.2 Å². The van der Waals surface area contributed by atoms with Crippen molar-refractivity contribution in [2.45, 2.75) is 33.9 Å². The van der Waals surface area contributed by atoms with E-state index in [1.165, 1.54) is 23.5 Å². The molecular weight excluding hydrogens is 488 g/mol. The molecule has 1 aliphatic carbocycles. The number of para-hydroxylation sites is 1. The lowest BCUT2D eigenvalue weighted by molar-refractivity contribution is 0.408. The van der Waals surface area contributed by atoms with Crippen LogP contribution in [0.1, 0.15) is 12.8 Å². The average Bonchev–Trinajstić information content (AvgIpc) is 3.38. The monoisotopic (exact) mass is 506 g/mol. The summed E-state index contributed by atoms with van der Waals surface area (Å²) in [5.74, 6) is -0.128. The zero-order valence-corrected chi connectivity index (χ0v) is 19.3. The van der Waals surface area contributed by atoms with E-state index < -0.39 is 34.9 Å². The third-order valence-electron chi connectivity index (χ3n) is 5.58. The van der Waals surface area contributed by atoms with E-state index >= 15 is 0 Å². The van der Waals surface area contributed by atoms with Gasteiger partial charge in [0.05, 0.1) is 25.9 Å². The molecule has 0 amide bonds. The fraction of sp³-hybridized carbons (Fsp3) is 0.222. The number of nitrogen functional groups attached to an aromatic ring is 1. The van der Waals surface area contributed by atoms with E-state index in [-0.39, 0.29) is 30.3 Å². The Morgan fingerprint density at radius 2 is 1.82 bits per heavy atom. The van der Waals surface area contributed by atoms with E-state index in [1.54, 1.807) is 12.1 Å². The summed E-state index contributed by atoms with van der Waals surface area (Å²) in [6.45, 7) is 0. The number of rotatable bonds is 5. The van der Waals surface area contributed by atoms with Crippen LogP contribution >= 0.6 is 11.3 Å². The van der Waals surface area contributed by atoms with Crippen LogP contribution < -0.4 is 16.6 Å². The molecule has 172 valence electrons. The molecule has 7 N–H and O–H groups in total. The van der Waals surface area contributed by atoms with Crippen molar-refractivity contribution in [3.8, 4) is 22.5 Å². The highest BCUT2D eigenvalue weighted by atomic mass is 32.2. The minimum Gasteiger partial charge on any atom is -0.375 e. The number of nitrogens with two attached hydrogens (primary N) is 3. The zero-order valence-electron chi connectivity index (χ0n) is 16.8. The molecule has 0 unspecified atom stereocenters. The number of aromatic nitrogens is 5. The molecule has 1 aliphatic rings. The number of tetrazole rings is 1. The topological polar surface area (TPSA) is 214 Å². The molecule has 0 spiro atoms. The SMILES string of the molecule is Nc1nc2c(-c3ccc(S(=O)(=O)C4CC(N)C4)c(S(N)(=O)=O)c3-c3nn[nH]n3)cccc2s1. The fourth-order valence-electron chi connectivity index (χ4n) is 4.01. The van der Waals surface area contributed by atoms with E-state index in [0.29, 0.717) is 21.8 Å². The lowest BCUT2D eigenvalue weighted by Crippen LogP contribution is -2.45. The van der Waals surface area contributed by atoms with Crippen molar-refractivity contribution in [1.29, 1.82) is 0 Å². The third-order valence-corrected chi connectivity index (χ3v) is 9.77. The first-order valence-electron chi connectivity index (χ1n) is 9.66. The minimum atomic E-state index is -4.56. The molecule has 0 radical (unpaired) electrons. The van der Waals surface area contributed by atoms with Gasteiger partial charge in [0.25, 0.3) is 0 Å². The van der Waals surface area contributed by atoms with Gasteiger partial charge in [0, 0.05) is 11.6 Å². The predicted octanol–water partition coefficient (Wildman–Crippen LogP) is 0.636. The Morgan fingerprint density at radius 1 is 1.06 bits per heavy atom. The van der Waals surface area contributed by atoms with Crippen LogP contribution in [-0.2, 0) is 19.9 Å². The maximum atomic E-state index is 13.3. The number of aromatic amines is 1. The molecule has 0 saturated heterocycles. The Hall–Kier alpha value is -2.98. The third kappa shape index (κ3) is 3.57. The first kappa shape index (κ1) is 21.8. The second-order valence-corrected chi connectivity index (χ2v) is 12.5. The van der Waals surface area contributed by atoms with E-state index in [2.05, 4.69) is 25.6 Å². The molecule has 0 atom stereocenters. The highest BCUT2D eigenvalue weighted by Gasteiger charge is 2.41. The van der Waals surface area contributed by atoms with Gasteiger partial charge in [0.1, 0.15) is 4.90 Å². The molecule has 5 rings (SSSR count). The highest BCUT2D eigenvalue weighted by Crippen LogP contribution is 2.43. The Kier molecular flexibility index (Phi) is 4.98. The number of sulfonamides is 1. The summed E-state index contributed by atoms with van der Waals surface area (Å²) in [7, 11) is -8.62. The summed E-state index contributed by atoms with van der Waals surface area (Å²) in [5.41, 5.74) is 12.9. The van der Waals surface area contributed by atoms with Gasteiger partial charge >= 0.3 is 0 Å². The molecule has 1 saturated carbocycles. The van der Waals surface area contributed by atoms with Crippen LogP contribution in [0.4, 0.5) is 5.13 Å². The van der Waals surface area contributed by atoms with Crippen molar-refractivity contribution in [2.75, 3.05) is 5.73 Å². The van der Waals surface area contributed by atoms with Gasteiger partial charge in [-0.1, -0.05) is 29.5 Å². The molecule has 12 nitrogen and oxygen atoms in total. The van der Waals surface area contributed by atoms with E-state index in [0.717, 1.165) is 4.70 Å². The van der Waals surface area contributed by atoms with Gasteiger partial charge in [-0.25, -0.2) is 27.0 Å². The van der Waals surface area contributed by atoms with Crippen LogP contribution in [0, 0.1) is 0 Å². The first-order chi connectivity index (χ1) is 15.6. The minimum absolute atomic E-state index is 0.0879. The fourth-order valence-corrected chi connectivity index (χ4v) is 8.28.